The van der Waals surface area contributed by atoms with Crippen LogP contribution in [0.2, 0.25) is 0 Å². The number of aryl methyl sites for hydroxylation is 1. The van der Waals surface area contributed by atoms with E-state index in [9.17, 15) is 22.8 Å². The smallest absolute Gasteiger partial charge is 0.408 e. The highest BCUT2D eigenvalue weighted by atomic mass is 32.2. The average molecular weight is 609 g/mol. The molecule has 0 aliphatic carbocycles. The monoisotopic (exact) mass is 608 g/mol. The number of carbonyl (C=O) groups is 3. The van der Waals surface area contributed by atoms with Crippen molar-refractivity contribution in [1.29, 1.82) is 0 Å². The number of rotatable bonds is 8. The number of hydrogen-bond acceptors (Lipinski definition) is 6. The molecule has 3 amide bonds. The number of anilines is 1. The van der Waals surface area contributed by atoms with E-state index in [-0.39, 0.29) is 35.2 Å². The van der Waals surface area contributed by atoms with Crippen molar-refractivity contribution in [3.8, 4) is 0 Å². The summed E-state index contributed by atoms with van der Waals surface area (Å²) in [5.41, 5.74) is 1.23. The van der Waals surface area contributed by atoms with E-state index in [1.54, 1.807) is 68.1 Å². The summed E-state index contributed by atoms with van der Waals surface area (Å²) in [6, 6.07) is 17.1. The van der Waals surface area contributed by atoms with Gasteiger partial charge in [-0.1, -0.05) is 55.8 Å². The van der Waals surface area contributed by atoms with Crippen LogP contribution in [0.1, 0.15) is 56.5 Å². The van der Waals surface area contributed by atoms with Crippen LogP contribution in [-0.4, -0.2) is 62.5 Å². The van der Waals surface area contributed by atoms with Crippen LogP contribution in [-0.2, 0) is 19.6 Å². The lowest BCUT2D eigenvalue weighted by atomic mass is 9.90. The Morgan fingerprint density at radius 1 is 0.977 bits per heavy atom. The Morgan fingerprint density at radius 3 is 2.33 bits per heavy atom. The van der Waals surface area contributed by atoms with Gasteiger partial charge in [-0.3, -0.25) is 9.59 Å². The van der Waals surface area contributed by atoms with Crippen LogP contribution < -0.4 is 15.4 Å². The summed E-state index contributed by atoms with van der Waals surface area (Å²) in [6.07, 6.45) is 0.419. The molecule has 2 atom stereocenters. The van der Waals surface area contributed by atoms with E-state index in [4.69, 9.17) is 4.74 Å². The predicted octanol–water partition coefficient (Wildman–Crippen LogP) is 4.83. The largest absolute Gasteiger partial charge is 0.444 e. The Bertz CT molecular complexity index is 1620. The number of ether oxygens (including phenoxy) is 1. The topological polar surface area (TPSA) is 134 Å². The molecule has 3 N–H and O–H groups in total. The number of piperidine rings is 1. The number of carbonyl (C=O) groups excluding carboxylic acids is 3. The third kappa shape index (κ3) is 7.91. The number of benzene rings is 3. The normalized spacial score (nSPS) is 17.4. The fourth-order valence-electron chi connectivity index (χ4n) is 5.30. The summed E-state index contributed by atoms with van der Waals surface area (Å²) in [5.74, 6) is -0.641. The van der Waals surface area contributed by atoms with Crippen molar-refractivity contribution in [3.05, 3.63) is 71.8 Å². The molecule has 10 nitrogen and oxygen atoms in total. The van der Waals surface area contributed by atoms with E-state index < -0.39 is 21.7 Å². The number of nitrogens with zero attached hydrogens (tertiary/aromatic N) is 1. The maximum atomic E-state index is 13.7. The molecule has 0 saturated carbocycles. The first kappa shape index (κ1) is 32.0. The van der Waals surface area contributed by atoms with E-state index in [1.165, 1.54) is 6.07 Å². The van der Waals surface area contributed by atoms with Crippen LogP contribution in [0.4, 0.5) is 10.5 Å². The predicted molar refractivity (Wildman–Crippen MR) is 166 cm³/mol. The van der Waals surface area contributed by atoms with E-state index in [1.807, 2.05) is 26.0 Å². The minimum atomic E-state index is -3.95. The van der Waals surface area contributed by atoms with E-state index in [2.05, 4.69) is 15.4 Å². The SMILES string of the molecule is CC[C@@H]1CN(C(=O)CNC(=O)OC(C)(C)C)CC[C@@H]1NS(=O)(=O)c1ccc(NC(=O)c2ccccc2C)c2ccccc12. The molecule has 1 aliphatic heterocycles. The maximum Gasteiger partial charge on any atom is 0.408 e. The first-order valence-electron chi connectivity index (χ1n) is 14.4. The van der Waals surface area contributed by atoms with E-state index >= 15 is 0 Å². The van der Waals surface area contributed by atoms with Gasteiger partial charge in [0.05, 0.1) is 4.90 Å². The van der Waals surface area contributed by atoms with Gasteiger partial charge in [0.1, 0.15) is 12.1 Å². The summed E-state index contributed by atoms with van der Waals surface area (Å²) >= 11 is 0. The van der Waals surface area contributed by atoms with E-state index in [0.717, 1.165) is 5.56 Å². The Kier molecular flexibility index (Phi) is 9.76. The molecule has 0 radical (unpaired) electrons. The fourth-order valence-corrected chi connectivity index (χ4v) is 6.85. The number of likely N-dealkylation sites (tertiary alicyclic amines) is 1. The van der Waals surface area contributed by atoms with Gasteiger partial charge in [-0.15, -0.1) is 0 Å². The van der Waals surface area contributed by atoms with Crippen LogP contribution in [0, 0.1) is 12.8 Å². The summed E-state index contributed by atoms with van der Waals surface area (Å²) in [5, 5.41) is 6.53. The highest BCUT2D eigenvalue weighted by Crippen LogP contribution is 2.31. The summed E-state index contributed by atoms with van der Waals surface area (Å²) in [6.45, 7) is 9.57. The minimum absolute atomic E-state index is 0.118. The lowest BCUT2D eigenvalue weighted by Crippen LogP contribution is -2.53. The first-order chi connectivity index (χ1) is 20.3. The maximum absolute atomic E-state index is 13.7. The van der Waals surface area contributed by atoms with Crippen molar-refractivity contribution in [3.63, 3.8) is 0 Å². The molecule has 1 heterocycles. The van der Waals surface area contributed by atoms with Gasteiger partial charge in [0, 0.05) is 41.2 Å². The van der Waals surface area contributed by atoms with Gasteiger partial charge in [-0.2, -0.15) is 0 Å². The van der Waals surface area contributed by atoms with Crippen molar-refractivity contribution in [2.45, 2.75) is 64.0 Å². The average Bonchev–Trinajstić information content (AvgIpc) is 2.95. The second-order valence-electron chi connectivity index (χ2n) is 11.8. The quantitative estimate of drug-likeness (QED) is 0.336. The number of hydrogen-bond donors (Lipinski definition) is 3. The Balaban J connectivity index is 1.47. The molecule has 0 unspecified atom stereocenters. The van der Waals surface area contributed by atoms with Crippen LogP contribution in [0.15, 0.2) is 65.6 Å². The number of fused-ring (bicyclic) bond motifs is 1. The first-order valence-corrected chi connectivity index (χ1v) is 15.9. The molecule has 230 valence electrons. The standard InChI is InChI=1S/C32H40N4O6S/c1-6-22-20-36(29(37)19-33-31(39)42-32(3,4)5)18-17-26(22)35-43(40,41)28-16-15-27(24-13-9-10-14-25(24)28)34-30(38)23-12-8-7-11-21(23)2/h7-16,22,26,35H,6,17-20H2,1-5H3,(H,33,39)(H,34,38)/t22-,26+/m1/s1. The zero-order valence-electron chi connectivity index (χ0n) is 25.3. The van der Waals surface area contributed by atoms with Gasteiger partial charge in [0.25, 0.3) is 5.91 Å². The molecule has 1 saturated heterocycles. The molecule has 1 fully saturated rings. The van der Waals surface area contributed by atoms with Gasteiger partial charge in [0.2, 0.25) is 15.9 Å². The van der Waals surface area contributed by atoms with Crippen LogP contribution >= 0.6 is 0 Å². The molecule has 0 aromatic heterocycles. The Labute approximate surface area is 253 Å². The summed E-state index contributed by atoms with van der Waals surface area (Å²) in [4.78, 5) is 39.5. The lowest BCUT2D eigenvalue weighted by molar-refractivity contribution is -0.132. The second kappa shape index (κ2) is 13.1. The molecule has 4 rings (SSSR count). The molecular formula is C32H40N4O6S. The highest BCUT2D eigenvalue weighted by molar-refractivity contribution is 7.89. The zero-order valence-corrected chi connectivity index (χ0v) is 26.1. The Hall–Kier alpha value is -3.96. The fraction of sp³-hybridized carbons (Fsp3) is 0.406. The van der Waals surface area contributed by atoms with Crippen LogP contribution in [0.25, 0.3) is 10.8 Å². The van der Waals surface area contributed by atoms with Crippen LogP contribution in [0.3, 0.4) is 0 Å². The van der Waals surface area contributed by atoms with Gasteiger partial charge < -0.3 is 20.3 Å². The van der Waals surface area contributed by atoms with Crippen LogP contribution in [0.5, 0.6) is 0 Å². The zero-order chi connectivity index (χ0) is 31.4. The minimum Gasteiger partial charge on any atom is -0.444 e. The number of nitrogens with one attached hydrogen (secondary N) is 3. The van der Waals surface area contributed by atoms with E-state index in [0.29, 0.717) is 48.0 Å². The van der Waals surface area contributed by atoms with Crippen molar-refractivity contribution in [2.24, 2.45) is 5.92 Å². The summed E-state index contributed by atoms with van der Waals surface area (Å²) < 4.78 is 35.6. The van der Waals surface area contributed by atoms with Gasteiger partial charge in [-0.25, -0.2) is 17.9 Å². The molecule has 0 bridgehead atoms. The van der Waals surface area contributed by atoms with Crippen molar-refractivity contribution in [2.75, 3.05) is 25.0 Å². The number of alkyl carbamates (subject to hydrolysis) is 1. The van der Waals surface area contributed by atoms with Gasteiger partial charge in [-0.05, 0) is 63.8 Å². The molecule has 1 aliphatic rings. The summed E-state index contributed by atoms with van der Waals surface area (Å²) in [7, 11) is -3.95. The molecular weight excluding hydrogens is 568 g/mol. The van der Waals surface area contributed by atoms with Gasteiger partial charge in [0.15, 0.2) is 0 Å². The highest BCUT2D eigenvalue weighted by Gasteiger charge is 2.34. The molecule has 3 aromatic carbocycles. The second-order valence-corrected chi connectivity index (χ2v) is 13.5. The van der Waals surface area contributed by atoms with Crippen molar-refractivity contribution < 1.29 is 27.5 Å². The number of amides is 3. The molecule has 0 spiro atoms. The molecule has 43 heavy (non-hydrogen) atoms. The Morgan fingerprint density at radius 2 is 1.65 bits per heavy atom. The third-order valence-corrected chi connectivity index (χ3v) is 9.06. The molecule has 11 heteroatoms. The van der Waals surface area contributed by atoms with Gasteiger partial charge >= 0.3 is 6.09 Å². The number of sulfonamides is 1. The molecule has 3 aromatic rings. The third-order valence-electron chi connectivity index (χ3n) is 7.51. The van der Waals surface area contributed by atoms with Crippen molar-refractivity contribution >= 4 is 44.4 Å². The lowest BCUT2D eigenvalue weighted by Gasteiger charge is -2.38. The van der Waals surface area contributed by atoms with Crippen molar-refractivity contribution in [1.82, 2.24) is 14.9 Å².